The van der Waals surface area contributed by atoms with E-state index in [9.17, 15) is 9.59 Å². The average molecular weight is 315 g/mol. The molecule has 1 saturated heterocycles. The zero-order valence-electron chi connectivity index (χ0n) is 13.3. The van der Waals surface area contributed by atoms with Crippen LogP contribution in [0.3, 0.4) is 0 Å². The van der Waals surface area contributed by atoms with Gasteiger partial charge >= 0.3 is 5.76 Å². The molecule has 0 atom stereocenters. The predicted molar refractivity (Wildman–Crippen MR) is 88.7 cm³/mol. The van der Waals surface area contributed by atoms with E-state index in [1.165, 1.54) is 4.57 Å². The van der Waals surface area contributed by atoms with Crippen molar-refractivity contribution in [2.24, 2.45) is 0 Å². The number of aromatic nitrogens is 1. The fraction of sp³-hybridized carbons (Fsp3) is 0.412. The lowest BCUT2D eigenvalue weighted by atomic mass is 10.1. The molecular formula is C17H21N3O3. The molecule has 0 saturated carbocycles. The first-order valence-electron chi connectivity index (χ1n) is 7.90. The summed E-state index contributed by atoms with van der Waals surface area (Å²) in [5.74, 6) is -0.428. The second kappa shape index (κ2) is 6.42. The number of hydrogen-bond acceptors (Lipinski definition) is 4. The molecular weight excluding hydrogens is 294 g/mol. The number of likely N-dealkylation sites (N-methyl/N-ethyl adjacent to an activating group) is 1. The third-order valence-electron chi connectivity index (χ3n) is 4.33. The third-order valence-corrected chi connectivity index (χ3v) is 4.33. The molecule has 23 heavy (non-hydrogen) atoms. The average Bonchev–Trinajstić information content (AvgIpc) is 2.90. The number of benzene rings is 1. The molecule has 1 aliphatic rings. The van der Waals surface area contributed by atoms with Crippen molar-refractivity contribution in [1.29, 1.82) is 0 Å². The molecule has 0 bridgehead atoms. The summed E-state index contributed by atoms with van der Waals surface area (Å²) in [6.07, 6.45) is 1.63. The zero-order chi connectivity index (χ0) is 16.4. The van der Waals surface area contributed by atoms with Crippen LogP contribution >= 0.6 is 0 Å². The van der Waals surface area contributed by atoms with E-state index in [1.807, 2.05) is 4.90 Å². The number of rotatable bonds is 4. The van der Waals surface area contributed by atoms with E-state index in [0.29, 0.717) is 23.2 Å². The number of hydrogen-bond donors (Lipinski definition) is 0. The number of piperazine rings is 1. The molecule has 1 fully saturated rings. The van der Waals surface area contributed by atoms with Crippen LogP contribution in [0.4, 0.5) is 0 Å². The van der Waals surface area contributed by atoms with E-state index in [1.54, 1.807) is 24.3 Å². The molecule has 122 valence electrons. The summed E-state index contributed by atoms with van der Waals surface area (Å²) in [7, 11) is 0. The van der Waals surface area contributed by atoms with E-state index >= 15 is 0 Å². The number of oxazole rings is 1. The molecule has 3 rings (SSSR count). The molecule has 1 aromatic heterocycles. The first kappa shape index (κ1) is 15.6. The maximum atomic E-state index is 12.7. The minimum atomic E-state index is -0.430. The van der Waals surface area contributed by atoms with Crippen LogP contribution in [0.5, 0.6) is 0 Å². The van der Waals surface area contributed by atoms with Crippen LogP contribution in [0.1, 0.15) is 17.3 Å². The third kappa shape index (κ3) is 2.94. The molecule has 1 amide bonds. The lowest BCUT2D eigenvalue weighted by molar-refractivity contribution is 0.0643. The number of amides is 1. The van der Waals surface area contributed by atoms with Crippen LogP contribution in [0.25, 0.3) is 11.1 Å². The lowest BCUT2D eigenvalue weighted by Gasteiger charge is -2.34. The second-order valence-electron chi connectivity index (χ2n) is 5.68. The molecule has 0 radical (unpaired) electrons. The highest BCUT2D eigenvalue weighted by atomic mass is 16.4. The molecule has 1 aliphatic heterocycles. The summed E-state index contributed by atoms with van der Waals surface area (Å²) < 4.78 is 6.67. The Labute approximate surface area is 134 Å². The molecule has 2 heterocycles. The molecule has 1 aromatic carbocycles. The van der Waals surface area contributed by atoms with Crippen LogP contribution in [-0.4, -0.2) is 53.0 Å². The lowest BCUT2D eigenvalue weighted by Crippen LogP contribution is -2.48. The Morgan fingerprint density at radius 2 is 2.04 bits per heavy atom. The highest BCUT2D eigenvalue weighted by Crippen LogP contribution is 2.17. The minimum absolute atomic E-state index is 0.00135. The van der Waals surface area contributed by atoms with Gasteiger partial charge in [-0.05, 0) is 24.7 Å². The summed E-state index contributed by atoms with van der Waals surface area (Å²) in [6, 6.07) is 5.14. The van der Waals surface area contributed by atoms with Crippen LogP contribution in [0, 0.1) is 0 Å². The molecule has 0 N–H and O–H groups in total. The zero-order valence-corrected chi connectivity index (χ0v) is 13.3. The number of fused-ring (bicyclic) bond motifs is 1. The van der Waals surface area contributed by atoms with Gasteiger partial charge in [-0.25, -0.2) is 4.79 Å². The number of carbonyl (C=O) groups is 1. The summed E-state index contributed by atoms with van der Waals surface area (Å²) in [4.78, 5) is 28.7. The van der Waals surface area contributed by atoms with Crippen molar-refractivity contribution in [3.05, 3.63) is 47.0 Å². The van der Waals surface area contributed by atoms with E-state index in [-0.39, 0.29) is 5.91 Å². The van der Waals surface area contributed by atoms with E-state index < -0.39 is 5.76 Å². The Bertz CT molecular complexity index is 782. The van der Waals surface area contributed by atoms with Crippen molar-refractivity contribution in [2.75, 3.05) is 32.7 Å². The Balaban J connectivity index is 1.88. The summed E-state index contributed by atoms with van der Waals surface area (Å²) in [5.41, 5.74) is 1.71. The Hall–Kier alpha value is -2.34. The first-order chi connectivity index (χ1) is 11.1. The maximum absolute atomic E-state index is 12.7. The van der Waals surface area contributed by atoms with E-state index in [4.69, 9.17) is 4.42 Å². The van der Waals surface area contributed by atoms with Gasteiger partial charge in [-0.2, -0.15) is 0 Å². The maximum Gasteiger partial charge on any atom is 0.420 e. The van der Waals surface area contributed by atoms with Gasteiger partial charge in [0.25, 0.3) is 5.91 Å². The summed E-state index contributed by atoms with van der Waals surface area (Å²) in [5, 5.41) is 0. The summed E-state index contributed by atoms with van der Waals surface area (Å²) >= 11 is 0. The highest BCUT2D eigenvalue weighted by Gasteiger charge is 2.22. The standard InChI is InChI=1S/C17H21N3O3/c1-3-7-20-14-12-13(5-6-15(14)23-17(20)22)16(21)19-10-8-18(4-2)9-11-19/h3,5-6,12H,1,4,7-11H2,2H3. The number of nitrogens with zero attached hydrogens (tertiary/aromatic N) is 3. The molecule has 6 nitrogen and oxygen atoms in total. The van der Waals surface area contributed by atoms with Crippen LogP contribution in [0.15, 0.2) is 40.1 Å². The molecule has 0 unspecified atom stereocenters. The van der Waals surface area contributed by atoms with Gasteiger partial charge in [0.2, 0.25) is 0 Å². The Morgan fingerprint density at radius 3 is 2.70 bits per heavy atom. The van der Waals surface area contributed by atoms with Crippen LogP contribution in [0.2, 0.25) is 0 Å². The second-order valence-corrected chi connectivity index (χ2v) is 5.68. The van der Waals surface area contributed by atoms with Gasteiger partial charge in [-0.3, -0.25) is 9.36 Å². The van der Waals surface area contributed by atoms with Crippen molar-refractivity contribution < 1.29 is 9.21 Å². The summed E-state index contributed by atoms with van der Waals surface area (Å²) in [6.45, 7) is 10.4. The number of allylic oxidation sites excluding steroid dienone is 1. The van der Waals surface area contributed by atoms with Gasteiger partial charge < -0.3 is 14.2 Å². The van der Waals surface area contributed by atoms with Gasteiger partial charge in [-0.1, -0.05) is 13.0 Å². The van der Waals surface area contributed by atoms with Gasteiger partial charge in [0, 0.05) is 38.3 Å². The van der Waals surface area contributed by atoms with Crippen molar-refractivity contribution >= 4 is 17.0 Å². The molecule has 0 aliphatic carbocycles. The highest BCUT2D eigenvalue weighted by molar-refractivity contribution is 5.97. The molecule has 0 spiro atoms. The van der Waals surface area contributed by atoms with Crippen LogP contribution < -0.4 is 5.76 Å². The van der Waals surface area contributed by atoms with Crippen molar-refractivity contribution in [3.63, 3.8) is 0 Å². The van der Waals surface area contributed by atoms with Crippen molar-refractivity contribution in [3.8, 4) is 0 Å². The topological polar surface area (TPSA) is 58.7 Å². The van der Waals surface area contributed by atoms with E-state index in [2.05, 4.69) is 18.4 Å². The number of carbonyl (C=O) groups excluding carboxylic acids is 1. The predicted octanol–water partition coefficient (Wildman–Crippen LogP) is 1.56. The van der Waals surface area contributed by atoms with Gasteiger partial charge in [-0.15, -0.1) is 6.58 Å². The fourth-order valence-electron chi connectivity index (χ4n) is 2.95. The van der Waals surface area contributed by atoms with Crippen molar-refractivity contribution in [1.82, 2.24) is 14.4 Å². The van der Waals surface area contributed by atoms with Gasteiger partial charge in [0.15, 0.2) is 5.58 Å². The molecule has 2 aromatic rings. The smallest absolute Gasteiger partial charge is 0.408 e. The Morgan fingerprint density at radius 1 is 1.30 bits per heavy atom. The monoisotopic (exact) mass is 315 g/mol. The molecule has 6 heteroatoms. The largest absolute Gasteiger partial charge is 0.420 e. The minimum Gasteiger partial charge on any atom is -0.408 e. The Kier molecular flexibility index (Phi) is 4.34. The van der Waals surface area contributed by atoms with E-state index in [0.717, 1.165) is 32.7 Å². The van der Waals surface area contributed by atoms with Crippen LogP contribution in [-0.2, 0) is 6.54 Å². The normalized spacial score (nSPS) is 16.0. The SMILES string of the molecule is C=CCn1c(=O)oc2ccc(C(=O)N3CCN(CC)CC3)cc21. The van der Waals surface area contributed by atoms with Gasteiger partial charge in [0.1, 0.15) is 0 Å². The quantitative estimate of drug-likeness (QED) is 0.804. The first-order valence-corrected chi connectivity index (χ1v) is 7.90. The van der Waals surface area contributed by atoms with Crippen molar-refractivity contribution in [2.45, 2.75) is 13.5 Å². The fourth-order valence-corrected chi connectivity index (χ4v) is 2.95. The van der Waals surface area contributed by atoms with Gasteiger partial charge in [0.05, 0.1) is 5.52 Å².